The summed E-state index contributed by atoms with van der Waals surface area (Å²) in [6.07, 6.45) is 4.16. The SMILES string of the molecule is Fc1ccc(-c2cnc(Sc3nc(C4CC4)ns3)[nH]2)cc1. The first kappa shape index (κ1) is 13.0. The van der Waals surface area contributed by atoms with Gasteiger partial charge in [-0.05, 0) is 66.0 Å². The van der Waals surface area contributed by atoms with E-state index < -0.39 is 0 Å². The van der Waals surface area contributed by atoms with Crippen LogP contribution >= 0.6 is 23.3 Å². The number of hydrogen-bond donors (Lipinski definition) is 1. The van der Waals surface area contributed by atoms with Gasteiger partial charge in [-0.1, -0.05) is 0 Å². The largest absolute Gasteiger partial charge is 0.333 e. The lowest BCUT2D eigenvalue weighted by Crippen LogP contribution is -1.82. The minimum Gasteiger partial charge on any atom is -0.333 e. The second kappa shape index (κ2) is 5.23. The topological polar surface area (TPSA) is 54.5 Å². The highest BCUT2D eigenvalue weighted by Crippen LogP contribution is 2.40. The zero-order valence-corrected chi connectivity index (χ0v) is 12.5. The Morgan fingerprint density at radius 3 is 2.81 bits per heavy atom. The van der Waals surface area contributed by atoms with Crippen molar-refractivity contribution in [2.75, 3.05) is 0 Å². The third kappa shape index (κ3) is 2.84. The molecule has 21 heavy (non-hydrogen) atoms. The summed E-state index contributed by atoms with van der Waals surface area (Å²) in [5, 5.41) is 0.771. The maximum absolute atomic E-state index is 12.9. The number of nitrogens with zero attached hydrogens (tertiary/aromatic N) is 3. The Labute approximate surface area is 129 Å². The summed E-state index contributed by atoms with van der Waals surface area (Å²) < 4.78 is 18.2. The van der Waals surface area contributed by atoms with Crippen LogP contribution < -0.4 is 0 Å². The van der Waals surface area contributed by atoms with Crippen LogP contribution in [0.15, 0.2) is 40.0 Å². The molecular weight excluding hydrogens is 307 g/mol. The molecule has 0 radical (unpaired) electrons. The van der Waals surface area contributed by atoms with E-state index in [9.17, 15) is 4.39 Å². The lowest BCUT2D eigenvalue weighted by Gasteiger charge is -1.96. The summed E-state index contributed by atoms with van der Waals surface area (Å²) in [6.45, 7) is 0. The molecule has 1 N–H and O–H groups in total. The fourth-order valence-electron chi connectivity index (χ4n) is 1.98. The van der Waals surface area contributed by atoms with Crippen LogP contribution in [0.4, 0.5) is 4.39 Å². The monoisotopic (exact) mass is 318 g/mol. The maximum Gasteiger partial charge on any atom is 0.177 e. The molecule has 1 aliphatic carbocycles. The fourth-order valence-corrected chi connectivity index (χ4v) is 3.55. The highest BCUT2D eigenvalue weighted by Gasteiger charge is 2.28. The normalized spacial score (nSPS) is 14.5. The zero-order chi connectivity index (χ0) is 14.2. The van der Waals surface area contributed by atoms with Crippen molar-refractivity contribution in [3.05, 3.63) is 42.1 Å². The third-order valence-corrected chi connectivity index (χ3v) is 4.92. The molecule has 1 aromatic carbocycles. The molecule has 3 aromatic rings. The fraction of sp³-hybridized carbons (Fsp3) is 0.214. The van der Waals surface area contributed by atoms with Gasteiger partial charge in [0.2, 0.25) is 0 Å². The van der Waals surface area contributed by atoms with Crippen LogP contribution in [0, 0.1) is 5.82 Å². The summed E-state index contributed by atoms with van der Waals surface area (Å²) in [4.78, 5) is 12.1. The molecule has 1 saturated carbocycles. The van der Waals surface area contributed by atoms with E-state index in [1.807, 2.05) is 0 Å². The first-order valence-electron chi connectivity index (χ1n) is 6.60. The molecule has 106 valence electrons. The second-order valence-electron chi connectivity index (χ2n) is 4.90. The van der Waals surface area contributed by atoms with E-state index in [2.05, 4.69) is 19.3 Å². The molecule has 0 aliphatic heterocycles. The van der Waals surface area contributed by atoms with E-state index in [1.165, 1.54) is 48.3 Å². The Morgan fingerprint density at radius 1 is 1.24 bits per heavy atom. The lowest BCUT2D eigenvalue weighted by molar-refractivity contribution is 0.628. The van der Waals surface area contributed by atoms with Gasteiger partial charge in [0.15, 0.2) is 9.50 Å². The number of rotatable bonds is 4. The quantitative estimate of drug-likeness (QED) is 0.787. The van der Waals surface area contributed by atoms with Gasteiger partial charge in [-0.15, -0.1) is 0 Å². The summed E-state index contributed by atoms with van der Waals surface area (Å²) in [5.41, 5.74) is 1.77. The molecule has 0 saturated heterocycles. The Balaban J connectivity index is 1.52. The van der Waals surface area contributed by atoms with Gasteiger partial charge >= 0.3 is 0 Å². The first-order valence-corrected chi connectivity index (χ1v) is 8.19. The van der Waals surface area contributed by atoms with Gasteiger partial charge in [-0.25, -0.2) is 14.4 Å². The molecule has 1 aliphatic rings. The Bertz CT molecular complexity index is 761. The van der Waals surface area contributed by atoms with Crippen LogP contribution in [0.2, 0.25) is 0 Å². The van der Waals surface area contributed by atoms with Gasteiger partial charge in [0.05, 0.1) is 11.9 Å². The third-order valence-electron chi connectivity index (χ3n) is 3.26. The number of aromatic amines is 1. The zero-order valence-electron chi connectivity index (χ0n) is 10.9. The molecule has 2 aromatic heterocycles. The van der Waals surface area contributed by atoms with E-state index in [4.69, 9.17) is 0 Å². The average Bonchev–Trinajstić information content (AvgIpc) is 3.06. The molecule has 0 amide bonds. The van der Waals surface area contributed by atoms with E-state index >= 15 is 0 Å². The maximum atomic E-state index is 12.9. The summed E-state index contributed by atoms with van der Waals surface area (Å²) in [6, 6.07) is 6.34. The van der Waals surface area contributed by atoms with Gasteiger partial charge in [0.25, 0.3) is 0 Å². The van der Waals surface area contributed by atoms with E-state index in [0.717, 1.165) is 26.6 Å². The Morgan fingerprint density at radius 2 is 2.05 bits per heavy atom. The summed E-state index contributed by atoms with van der Waals surface area (Å²) >= 11 is 2.89. The number of H-pyrrole nitrogens is 1. The smallest absolute Gasteiger partial charge is 0.177 e. The van der Waals surface area contributed by atoms with Gasteiger partial charge in [-0.3, -0.25) is 0 Å². The molecular formula is C14H11FN4S2. The molecule has 7 heteroatoms. The van der Waals surface area contributed by atoms with Crippen molar-refractivity contribution in [2.24, 2.45) is 0 Å². The van der Waals surface area contributed by atoms with E-state index in [1.54, 1.807) is 18.3 Å². The number of nitrogens with one attached hydrogen (secondary N) is 1. The number of hydrogen-bond acceptors (Lipinski definition) is 5. The molecule has 4 rings (SSSR count). The highest BCUT2D eigenvalue weighted by molar-refractivity contribution is 8.00. The number of benzene rings is 1. The second-order valence-corrected chi connectivity index (χ2v) is 6.89. The molecule has 1 fully saturated rings. The van der Waals surface area contributed by atoms with Crippen LogP contribution in [-0.2, 0) is 0 Å². The van der Waals surface area contributed by atoms with Crippen LogP contribution in [0.25, 0.3) is 11.3 Å². The first-order chi connectivity index (χ1) is 10.3. The number of aromatic nitrogens is 4. The van der Waals surface area contributed by atoms with Crippen molar-refractivity contribution in [3.63, 3.8) is 0 Å². The summed E-state index contributed by atoms with van der Waals surface area (Å²) in [7, 11) is 0. The van der Waals surface area contributed by atoms with Gasteiger partial charge in [-0.2, -0.15) is 4.37 Å². The molecule has 0 spiro atoms. The van der Waals surface area contributed by atoms with Crippen molar-refractivity contribution < 1.29 is 4.39 Å². The predicted molar refractivity (Wildman–Crippen MR) is 80.0 cm³/mol. The van der Waals surface area contributed by atoms with Crippen molar-refractivity contribution in [2.45, 2.75) is 28.3 Å². The average molecular weight is 318 g/mol. The molecule has 2 heterocycles. The molecule has 0 unspecified atom stereocenters. The highest BCUT2D eigenvalue weighted by atomic mass is 32.2. The van der Waals surface area contributed by atoms with E-state index in [0.29, 0.717) is 5.92 Å². The van der Waals surface area contributed by atoms with Crippen LogP contribution in [-0.4, -0.2) is 19.3 Å². The standard InChI is InChI=1S/C14H11FN4S2/c15-10-5-3-8(4-6-10)11-7-16-13(17-11)20-14-18-12(19-21-14)9-1-2-9/h3-7,9H,1-2H2,(H,16,17). The molecule has 0 bridgehead atoms. The van der Waals surface area contributed by atoms with Crippen molar-refractivity contribution in [1.29, 1.82) is 0 Å². The lowest BCUT2D eigenvalue weighted by atomic mass is 10.2. The number of halogens is 1. The Kier molecular flexibility index (Phi) is 3.23. The van der Waals surface area contributed by atoms with Crippen molar-refractivity contribution in [3.8, 4) is 11.3 Å². The predicted octanol–water partition coefficient (Wildman–Crippen LogP) is 4.10. The Hall–Kier alpha value is -1.73. The van der Waals surface area contributed by atoms with Crippen molar-refractivity contribution >= 4 is 23.3 Å². The van der Waals surface area contributed by atoms with Crippen LogP contribution in [0.5, 0.6) is 0 Å². The molecule has 4 nitrogen and oxygen atoms in total. The van der Waals surface area contributed by atoms with E-state index in [-0.39, 0.29) is 5.82 Å². The number of imidazole rings is 1. The van der Waals surface area contributed by atoms with Gasteiger partial charge < -0.3 is 4.98 Å². The van der Waals surface area contributed by atoms with Crippen LogP contribution in [0.1, 0.15) is 24.6 Å². The van der Waals surface area contributed by atoms with Gasteiger partial charge in [0, 0.05) is 5.92 Å². The van der Waals surface area contributed by atoms with Crippen LogP contribution in [0.3, 0.4) is 0 Å². The minimum absolute atomic E-state index is 0.241. The van der Waals surface area contributed by atoms with Gasteiger partial charge in [0.1, 0.15) is 11.6 Å². The minimum atomic E-state index is -0.241. The van der Waals surface area contributed by atoms with Crippen molar-refractivity contribution in [1.82, 2.24) is 19.3 Å². The molecule has 0 atom stereocenters. The summed E-state index contributed by atoms with van der Waals surface area (Å²) in [5.74, 6) is 1.30.